The van der Waals surface area contributed by atoms with Crippen LogP contribution in [-0.4, -0.2) is 76.8 Å². The number of β-amino-alcohol motifs (C(OH)–C–C–N with tert-alkyl or cyclic N) is 1. The van der Waals surface area contributed by atoms with Crippen molar-refractivity contribution in [3.8, 4) is 22.9 Å². The van der Waals surface area contributed by atoms with Gasteiger partial charge in [0.15, 0.2) is 0 Å². The Morgan fingerprint density at radius 3 is 2.31 bits per heavy atom. The van der Waals surface area contributed by atoms with Crippen LogP contribution >= 0.6 is 23.2 Å². The molecule has 0 bridgehead atoms. The van der Waals surface area contributed by atoms with Crippen molar-refractivity contribution < 1.29 is 9.84 Å². The zero-order chi connectivity index (χ0) is 27.4. The molecule has 3 aromatic rings. The van der Waals surface area contributed by atoms with Crippen LogP contribution in [0.25, 0.3) is 11.3 Å². The minimum absolute atomic E-state index is 0.307. The van der Waals surface area contributed by atoms with Crippen molar-refractivity contribution in [1.82, 2.24) is 19.8 Å². The third-order valence-electron chi connectivity index (χ3n) is 7.46. The molecule has 0 aliphatic carbocycles. The van der Waals surface area contributed by atoms with Gasteiger partial charge in [-0.1, -0.05) is 30.1 Å². The number of benzene rings is 1. The lowest BCUT2D eigenvalue weighted by Crippen LogP contribution is -2.48. The summed E-state index contributed by atoms with van der Waals surface area (Å²) < 4.78 is 6.24. The molecule has 0 unspecified atom stereocenters. The lowest BCUT2D eigenvalue weighted by atomic mass is 9.99. The first-order chi connectivity index (χ1) is 18.8. The van der Waals surface area contributed by atoms with Gasteiger partial charge in [-0.3, -0.25) is 9.80 Å². The number of rotatable bonds is 8. The van der Waals surface area contributed by atoms with Crippen LogP contribution in [0.1, 0.15) is 32.3 Å². The molecule has 2 aliphatic heterocycles. The minimum Gasteiger partial charge on any atom is -0.437 e. The molecule has 0 amide bonds. The number of anilines is 1. The maximum atomic E-state index is 9.65. The molecule has 2 saturated heterocycles. The standard InChI is InChI=1S/C30H37Cl2N5O2/c1-21-5-7-35(8-6-21)20-23-13-28(24-15-25(31)17-26(32)16-24)34-30(14-23)39-27-3-4-29(33-18-27)37-11-9-36(10-12-37)19-22(2)38/h3-4,13-18,21-22,38H,5-12,19-20H2,1-2H3/t22-/m1/s1. The summed E-state index contributed by atoms with van der Waals surface area (Å²) in [5.41, 5.74) is 2.77. The first-order valence-corrected chi connectivity index (χ1v) is 14.6. The Labute approximate surface area is 241 Å². The zero-order valence-corrected chi connectivity index (χ0v) is 24.2. The smallest absolute Gasteiger partial charge is 0.220 e. The van der Waals surface area contributed by atoms with E-state index in [1.807, 2.05) is 37.3 Å². The van der Waals surface area contributed by atoms with Gasteiger partial charge >= 0.3 is 0 Å². The van der Waals surface area contributed by atoms with Gasteiger partial charge in [0.2, 0.25) is 5.88 Å². The van der Waals surface area contributed by atoms with Crippen molar-refractivity contribution in [2.75, 3.05) is 50.7 Å². The number of piperidine rings is 1. The molecule has 4 heterocycles. The highest BCUT2D eigenvalue weighted by molar-refractivity contribution is 6.35. The summed E-state index contributed by atoms with van der Waals surface area (Å²) in [5, 5.41) is 10.8. The summed E-state index contributed by atoms with van der Waals surface area (Å²) in [5.74, 6) is 2.86. The van der Waals surface area contributed by atoms with E-state index in [9.17, 15) is 5.11 Å². The third kappa shape index (κ3) is 7.83. The monoisotopic (exact) mass is 569 g/mol. The van der Waals surface area contributed by atoms with Gasteiger partial charge in [0.1, 0.15) is 11.6 Å². The van der Waals surface area contributed by atoms with Crippen LogP contribution in [0.5, 0.6) is 11.6 Å². The normalized spacial score (nSPS) is 18.3. The van der Waals surface area contributed by atoms with Gasteiger partial charge < -0.3 is 14.7 Å². The van der Waals surface area contributed by atoms with Gasteiger partial charge in [-0.25, -0.2) is 9.97 Å². The number of ether oxygens (including phenoxy) is 1. The number of aliphatic hydroxyl groups excluding tert-OH is 1. The topological polar surface area (TPSA) is 65.0 Å². The second kappa shape index (κ2) is 12.8. The first-order valence-electron chi connectivity index (χ1n) is 13.8. The molecule has 1 atom stereocenters. The molecular formula is C30H37Cl2N5O2. The van der Waals surface area contributed by atoms with Crippen LogP contribution in [0.15, 0.2) is 48.7 Å². The number of likely N-dealkylation sites (tertiary alicyclic amines) is 1. The van der Waals surface area contributed by atoms with E-state index in [-0.39, 0.29) is 6.10 Å². The fourth-order valence-electron chi connectivity index (χ4n) is 5.30. The van der Waals surface area contributed by atoms with E-state index in [4.69, 9.17) is 32.9 Å². The van der Waals surface area contributed by atoms with Crippen molar-refractivity contribution in [3.63, 3.8) is 0 Å². The molecule has 1 N–H and O–H groups in total. The van der Waals surface area contributed by atoms with E-state index in [1.165, 1.54) is 12.8 Å². The summed E-state index contributed by atoms with van der Waals surface area (Å²) in [4.78, 5) is 16.5. The molecule has 208 valence electrons. The Hall–Kier alpha value is -2.42. The Morgan fingerprint density at radius 2 is 1.67 bits per heavy atom. The van der Waals surface area contributed by atoms with E-state index in [0.29, 0.717) is 28.2 Å². The highest BCUT2D eigenvalue weighted by Crippen LogP contribution is 2.31. The molecule has 2 aromatic heterocycles. The number of halogens is 2. The fraction of sp³-hybridized carbons (Fsp3) is 0.467. The van der Waals surface area contributed by atoms with Crippen molar-refractivity contribution in [1.29, 1.82) is 0 Å². The number of nitrogens with zero attached hydrogens (tertiary/aromatic N) is 5. The molecule has 2 aliphatic rings. The Balaban J connectivity index is 1.32. The number of aliphatic hydroxyl groups is 1. The summed E-state index contributed by atoms with van der Waals surface area (Å²) in [7, 11) is 0. The Bertz CT molecular complexity index is 1220. The van der Waals surface area contributed by atoms with E-state index in [0.717, 1.165) is 74.4 Å². The van der Waals surface area contributed by atoms with Crippen molar-refractivity contribution in [2.45, 2.75) is 39.3 Å². The zero-order valence-electron chi connectivity index (χ0n) is 22.7. The summed E-state index contributed by atoms with van der Waals surface area (Å²) in [6.45, 7) is 11.5. The second-order valence-electron chi connectivity index (χ2n) is 10.9. The van der Waals surface area contributed by atoms with Crippen LogP contribution in [0.4, 0.5) is 5.82 Å². The van der Waals surface area contributed by atoms with Crippen LogP contribution in [0.3, 0.4) is 0 Å². The van der Waals surface area contributed by atoms with Gasteiger partial charge in [0.25, 0.3) is 0 Å². The Morgan fingerprint density at radius 1 is 0.949 bits per heavy atom. The molecule has 5 rings (SSSR count). The molecule has 9 heteroatoms. The van der Waals surface area contributed by atoms with Gasteiger partial charge in [-0.15, -0.1) is 0 Å². The average Bonchev–Trinajstić information content (AvgIpc) is 2.90. The highest BCUT2D eigenvalue weighted by Gasteiger charge is 2.20. The van der Waals surface area contributed by atoms with Crippen LogP contribution in [0, 0.1) is 5.92 Å². The quantitative estimate of drug-likeness (QED) is 0.358. The number of pyridine rings is 2. The lowest BCUT2D eigenvalue weighted by Gasteiger charge is -2.35. The summed E-state index contributed by atoms with van der Waals surface area (Å²) >= 11 is 12.6. The molecule has 7 nitrogen and oxygen atoms in total. The van der Waals surface area contributed by atoms with E-state index < -0.39 is 0 Å². The van der Waals surface area contributed by atoms with Crippen molar-refractivity contribution in [2.24, 2.45) is 5.92 Å². The fourth-order valence-corrected chi connectivity index (χ4v) is 5.83. The highest BCUT2D eigenvalue weighted by atomic mass is 35.5. The second-order valence-corrected chi connectivity index (χ2v) is 11.8. The van der Waals surface area contributed by atoms with E-state index in [1.54, 1.807) is 12.3 Å². The van der Waals surface area contributed by atoms with Gasteiger partial charge in [-0.2, -0.15) is 0 Å². The largest absolute Gasteiger partial charge is 0.437 e. The third-order valence-corrected chi connectivity index (χ3v) is 7.90. The predicted octanol–water partition coefficient (Wildman–Crippen LogP) is 5.98. The number of hydrogen-bond donors (Lipinski definition) is 1. The molecule has 1 aromatic carbocycles. The number of aromatic nitrogens is 2. The molecule has 39 heavy (non-hydrogen) atoms. The average molecular weight is 571 g/mol. The van der Waals surface area contributed by atoms with Crippen LogP contribution in [-0.2, 0) is 6.54 Å². The number of piperazine rings is 1. The van der Waals surface area contributed by atoms with Crippen LogP contribution < -0.4 is 9.64 Å². The molecule has 2 fully saturated rings. The van der Waals surface area contributed by atoms with E-state index in [2.05, 4.69) is 32.7 Å². The number of hydrogen-bond acceptors (Lipinski definition) is 7. The molecule has 0 spiro atoms. The van der Waals surface area contributed by atoms with Gasteiger partial charge in [0, 0.05) is 60.9 Å². The molecular weight excluding hydrogens is 533 g/mol. The van der Waals surface area contributed by atoms with Gasteiger partial charge in [-0.05, 0) is 80.7 Å². The van der Waals surface area contributed by atoms with Crippen molar-refractivity contribution in [3.05, 3.63) is 64.3 Å². The van der Waals surface area contributed by atoms with E-state index >= 15 is 0 Å². The molecule has 0 saturated carbocycles. The summed E-state index contributed by atoms with van der Waals surface area (Å²) in [6, 6.07) is 13.5. The predicted molar refractivity (Wildman–Crippen MR) is 158 cm³/mol. The van der Waals surface area contributed by atoms with Gasteiger partial charge in [0.05, 0.1) is 18.0 Å². The Kier molecular flexibility index (Phi) is 9.25. The van der Waals surface area contributed by atoms with Crippen LogP contribution in [0.2, 0.25) is 10.0 Å². The maximum absolute atomic E-state index is 9.65. The molecule has 0 radical (unpaired) electrons. The SMILES string of the molecule is CC1CCN(Cc2cc(Oc3ccc(N4CCN(C[C@@H](C)O)CC4)nc3)nc(-c3cc(Cl)cc(Cl)c3)c2)CC1. The minimum atomic E-state index is -0.307. The van der Waals surface area contributed by atoms with Crippen molar-refractivity contribution >= 4 is 29.0 Å². The lowest BCUT2D eigenvalue weighted by molar-refractivity contribution is 0.122. The maximum Gasteiger partial charge on any atom is 0.220 e. The summed E-state index contributed by atoms with van der Waals surface area (Å²) in [6.07, 6.45) is 3.89. The first kappa shape index (κ1) is 28.1.